The number of carbonyl (C=O) groups is 1. The van der Waals surface area contributed by atoms with Crippen LogP contribution in [-0.4, -0.2) is 48.3 Å². The number of ether oxygens (including phenoxy) is 1. The molecule has 2 atom stereocenters. The molecule has 0 bridgehead atoms. The smallest absolute Gasteiger partial charge is 0.239 e. The first-order valence-corrected chi connectivity index (χ1v) is 6.98. The minimum Gasteiger partial charge on any atom is -0.494 e. The third-order valence-corrected chi connectivity index (χ3v) is 3.44. The van der Waals surface area contributed by atoms with Crippen LogP contribution in [0.25, 0.3) is 0 Å². The first kappa shape index (κ1) is 14.8. The number of likely N-dealkylation sites (N-methyl/N-ethyl adjacent to an activating group) is 1. The van der Waals surface area contributed by atoms with Gasteiger partial charge in [0.1, 0.15) is 5.75 Å². The molecular formula is C15H22N2O3. The van der Waals surface area contributed by atoms with E-state index in [4.69, 9.17) is 4.74 Å². The lowest BCUT2D eigenvalue weighted by Gasteiger charge is -2.21. The Labute approximate surface area is 119 Å². The standard InChI is InChI=1S/C15H22N2O3/c1-3-20-13-6-4-11(5-7-13)10-17(2)15(19)14-8-12(18)9-16-14/h4-7,12,14,16,18H,3,8-10H2,1-2H3. The van der Waals surface area contributed by atoms with Crippen LogP contribution in [-0.2, 0) is 11.3 Å². The number of nitrogens with zero attached hydrogens (tertiary/aromatic N) is 1. The van der Waals surface area contributed by atoms with E-state index in [0.29, 0.717) is 26.1 Å². The summed E-state index contributed by atoms with van der Waals surface area (Å²) in [6.07, 6.45) is 0.0785. The van der Waals surface area contributed by atoms with Gasteiger partial charge in [-0.1, -0.05) is 12.1 Å². The van der Waals surface area contributed by atoms with E-state index in [1.165, 1.54) is 0 Å². The lowest BCUT2D eigenvalue weighted by molar-refractivity contribution is -0.132. The molecule has 2 N–H and O–H groups in total. The van der Waals surface area contributed by atoms with Crippen molar-refractivity contribution < 1.29 is 14.6 Å². The maximum atomic E-state index is 12.2. The lowest BCUT2D eigenvalue weighted by Crippen LogP contribution is -2.41. The van der Waals surface area contributed by atoms with E-state index in [0.717, 1.165) is 11.3 Å². The Morgan fingerprint density at radius 3 is 2.70 bits per heavy atom. The van der Waals surface area contributed by atoms with Crippen molar-refractivity contribution in [3.63, 3.8) is 0 Å². The largest absolute Gasteiger partial charge is 0.494 e. The van der Waals surface area contributed by atoms with Gasteiger partial charge in [0, 0.05) is 20.1 Å². The number of hydrogen-bond acceptors (Lipinski definition) is 4. The molecule has 1 heterocycles. The quantitative estimate of drug-likeness (QED) is 0.835. The van der Waals surface area contributed by atoms with Gasteiger partial charge in [0.2, 0.25) is 5.91 Å². The summed E-state index contributed by atoms with van der Waals surface area (Å²) in [5.41, 5.74) is 1.06. The Morgan fingerprint density at radius 2 is 2.15 bits per heavy atom. The summed E-state index contributed by atoms with van der Waals surface area (Å²) in [5.74, 6) is 0.862. The van der Waals surface area contributed by atoms with E-state index < -0.39 is 6.10 Å². The topological polar surface area (TPSA) is 61.8 Å². The van der Waals surface area contributed by atoms with Crippen molar-refractivity contribution in [2.75, 3.05) is 20.2 Å². The van der Waals surface area contributed by atoms with E-state index in [-0.39, 0.29) is 11.9 Å². The van der Waals surface area contributed by atoms with Gasteiger partial charge < -0.3 is 20.1 Å². The van der Waals surface area contributed by atoms with E-state index in [9.17, 15) is 9.90 Å². The van der Waals surface area contributed by atoms with Gasteiger partial charge in [0.05, 0.1) is 18.8 Å². The Morgan fingerprint density at radius 1 is 1.45 bits per heavy atom. The van der Waals surface area contributed by atoms with Gasteiger partial charge in [-0.15, -0.1) is 0 Å². The van der Waals surface area contributed by atoms with Gasteiger partial charge in [-0.3, -0.25) is 4.79 Å². The summed E-state index contributed by atoms with van der Waals surface area (Å²) in [6, 6.07) is 7.48. The highest BCUT2D eigenvalue weighted by Gasteiger charge is 2.29. The van der Waals surface area contributed by atoms with Crippen LogP contribution in [0.1, 0.15) is 18.9 Å². The van der Waals surface area contributed by atoms with Crippen molar-refractivity contribution in [1.82, 2.24) is 10.2 Å². The molecule has 0 saturated carbocycles. The van der Waals surface area contributed by atoms with Gasteiger partial charge in [0.25, 0.3) is 0 Å². The number of hydrogen-bond donors (Lipinski definition) is 2. The Bertz CT molecular complexity index is 447. The zero-order valence-electron chi connectivity index (χ0n) is 12.0. The van der Waals surface area contributed by atoms with Crippen LogP contribution in [0.5, 0.6) is 5.75 Å². The van der Waals surface area contributed by atoms with Crippen molar-refractivity contribution in [3.05, 3.63) is 29.8 Å². The number of carbonyl (C=O) groups excluding carboxylic acids is 1. The van der Waals surface area contributed by atoms with Crippen LogP contribution in [0.15, 0.2) is 24.3 Å². The number of amides is 1. The number of aliphatic hydroxyl groups is 1. The third kappa shape index (κ3) is 3.71. The summed E-state index contributed by atoms with van der Waals surface area (Å²) in [4.78, 5) is 13.9. The molecule has 0 aliphatic carbocycles. The summed E-state index contributed by atoms with van der Waals surface area (Å²) in [5, 5.41) is 12.5. The van der Waals surface area contributed by atoms with Crippen molar-refractivity contribution in [3.8, 4) is 5.75 Å². The van der Waals surface area contributed by atoms with Crippen molar-refractivity contribution in [1.29, 1.82) is 0 Å². The molecule has 5 heteroatoms. The molecule has 0 radical (unpaired) electrons. The molecule has 1 amide bonds. The monoisotopic (exact) mass is 278 g/mol. The van der Waals surface area contributed by atoms with Crippen molar-refractivity contribution >= 4 is 5.91 Å². The molecule has 0 aromatic heterocycles. The van der Waals surface area contributed by atoms with E-state index in [1.807, 2.05) is 31.2 Å². The highest BCUT2D eigenvalue weighted by atomic mass is 16.5. The number of rotatable bonds is 5. The first-order valence-electron chi connectivity index (χ1n) is 6.98. The van der Waals surface area contributed by atoms with E-state index in [1.54, 1.807) is 11.9 Å². The Hall–Kier alpha value is -1.59. The number of β-amino-alcohol motifs (C(OH)–C–C–N with tert-alkyl or cyclic N) is 1. The normalized spacial score (nSPS) is 21.8. The zero-order valence-corrected chi connectivity index (χ0v) is 12.0. The van der Waals surface area contributed by atoms with Crippen LogP contribution >= 0.6 is 0 Å². The average Bonchev–Trinajstić information content (AvgIpc) is 2.87. The molecule has 1 aromatic carbocycles. The summed E-state index contributed by atoms with van der Waals surface area (Å²) < 4.78 is 5.39. The molecule has 2 unspecified atom stereocenters. The second kappa shape index (κ2) is 6.72. The highest BCUT2D eigenvalue weighted by molar-refractivity contribution is 5.82. The fraction of sp³-hybridized carbons (Fsp3) is 0.533. The van der Waals surface area contributed by atoms with Gasteiger partial charge >= 0.3 is 0 Å². The van der Waals surface area contributed by atoms with Crippen LogP contribution in [0.2, 0.25) is 0 Å². The molecular weight excluding hydrogens is 256 g/mol. The van der Waals surface area contributed by atoms with Gasteiger partial charge in [-0.25, -0.2) is 0 Å². The number of nitrogens with one attached hydrogen (secondary N) is 1. The molecule has 0 spiro atoms. The molecule has 5 nitrogen and oxygen atoms in total. The molecule has 1 aromatic rings. The zero-order chi connectivity index (χ0) is 14.5. The summed E-state index contributed by atoms with van der Waals surface area (Å²) in [7, 11) is 1.78. The maximum absolute atomic E-state index is 12.2. The molecule has 1 aliphatic heterocycles. The van der Waals surface area contributed by atoms with Crippen LogP contribution in [0.3, 0.4) is 0 Å². The minimum atomic E-state index is -0.414. The minimum absolute atomic E-state index is 0.0236. The molecule has 110 valence electrons. The highest BCUT2D eigenvalue weighted by Crippen LogP contribution is 2.15. The SMILES string of the molecule is CCOc1ccc(CN(C)C(=O)C2CC(O)CN2)cc1. The van der Waals surface area contributed by atoms with Crippen molar-refractivity contribution in [2.24, 2.45) is 0 Å². The van der Waals surface area contributed by atoms with Gasteiger partial charge in [-0.2, -0.15) is 0 Å². The average molecular weight is 278 g/mol. The predicted molar refractivity (Wildman–Crippen MR) is 76.5 cm³/mol. The lowest BCUT2D eigenvalue weighted by atomic mass is 10.1. The second-order valence-corrected chi connectivity index (χ2v) is 5.12. The molecule has 1 fully saturated rings. The Balaban J connectivity index is 1.90. The van der Waals surface area contributed by atoms with Crippen LogP contribution < -0.4 is 10.1 Å². The van der Waals surface area contributed by atoms with Crippen molar-refractivity contribution in [2.45, 2.75) is 32.0 Å². The first-order chi connectivity index (χ1) is 9.60. The fourth-order valence-electron chi connectivity index (χ4n) is 2.38. The maximum Gasteiger partial charge on any atom is 0.239 e. The molecule has 20 heavy (non-hydrogen) atoms. The second-order valence-electron chi connectivity index (χ2n) is 5.12. The van der Waals surface area contributed by atoms with E-state index >= 15 is 0 Å². The fourth-order valence-corrected chi connectivity index (χ4v) is 2.38. The van der Waals surface area contributed by atoms with Crippen LogP contribution in [0.4, 0.5) is 0 Å². The third-order valence-electron chi connectivity index (χ3n) is 3.44. The molecule has 1 aliphatic rings. The summed E-state index contributed by atoms with van der Waals surface area (Å²) in [6.45, 7) is 3.64. The van der Waals surface area contributed by atoms with Gasteiger partial charge in [0.15, 0.2) is 0 Å². The molecule has 1 saturated heterocycles. The predicted octanol–water partition coefficient (Wildman–Crippen LogP) is 0.766. The van der Waals surface area contributed by atoms with Gasteiger partial charge in [-0.05, 0) is 31.0 Å². The van der Waals surface area contributed by atoms with E-state index in [2.05, 4.69) is 5.32 Å². The van der Waals surface area contributed by atoms with Crippen LogP contribution in [0, 0.1) is 0 Å². The summed E-state index contributed by atoms with van der Waals surface area (Å²) >= 11 is 0. The number of benzene rings is 1. The number of aliphatic hydroxyl groups excluding tert-OH is 1. The molecule has 2 rings (SSSR count). The Kier molecular flexibility index (Phi) is 4.98.